The van der Waals surface area contributed by atoms with Gasteiger partial charge in [-0.3, -0.25) is 14.4 Å². The lowest BCUT2D eigenvalue weighted by Gasteiger charge is -2.17. The van der Waals surface area contributed by atoms with Gasteiger partial charge in [0.15, 0.2) is 6.10 Å². The Morgan fingerprint density at radius 1 is 0.438 bits per heavy atom. The summed E-state index contributed by atoms with van der Waals surface area (Å²) in [6.07, 6.45) is 46.1. The van der Waals surface area contributed by atoms with E-state index in [1.807, 2.05) is 18.2 Å². The fourth-order valence-electron chi connectivity index (χ4n) is 4.25. The largest absolute Gasteiger partial charge is 0.462 e. The highest BCUT2D eigenvalue weighted by atomic mass is 16.6. The molecule has 0 aliphatic heterocycles. The molecule has 1 unspecified atom stereocenters. The molecule has 1 atom stereocenters. The van der Waals surface area contributed by atoms with Crippen molar-refractivity contribution in [2.24, 2.45) is 0 Å². The zero-order valence-electron chi connectivity index (χ0n) is 30.2. The van der Waals surface area contributed by atoms with Crippen LogP contribution in [0.2, 0.25) is 0 Å². The Morgan fingerprint density at radius 3 is 1.35 bits per heavy atom. The fraction of sp³-hybridized carbons (Fsp3) is 0.548. The van der Waals surface area contributed by atoms with Crippen molar-refractivity contribution in [3.8, 4) is 0 Å². The van der Waals surface area contributed by atoms with Crippen LogP contribution >= 0.6 is 0 Å². The zero-order chi connectivity index (χ0) is 35.2. The summed E-state index contributed by atoms with van der Waals surface area (Å²) in [4.78, 5) is 37.2. The number of carbonyl (C=O) groups is 3. The van der Waals surface area contributed by atoms with Crippen molar-refractivity contribution in [1.29, 1.82) is 0 Å². The minimum absolute atomic E-state index is 0.0815. The van der Waals surface area contributed by atoms with Crippen LogP contribution in [0.4, 0.5) is 0 Å². The molecular weight excluding hydrogens is 600 g/mol. The van der Waals surface area contributed by atoms with E-state index in [1.54, 1.807) is 12.2 Å². The minimum atomic E-state index is -0.863. The highest BCUT2D eigenvalue weighted by Crippen LogP contribution is 2.10. The Kier molecular flexibility index (Phi) is 33.4. The molecule has 0 radical (unpaired) electrons. The van der Waals surface area contributed by atoms with E-state index in [2.05, 4.69) is 87.6 Å². The van der Waals surface area contributed by atoms with E-state index >= 15 is 0 Å². The maximum absolute atomic E-state index is 12.5. The predicted octanol–water partition coefficient (Wildman–Crippen LogP) is 11.1. The van der Waals surface area contributed by atoms with Crippen LogP contribution in [0.1, 0.15) is 130 Å². The number of rotatable bonds is 30. The van der Waals surface area contributed by atoms with Gasteiger partial charge in [-0.05, 0) is 70.6 Å². The monoisotopic (exact) mass is 664 g/mol. The van der Waals surface area contributed by atoms with Crippen molar-refractivity contribution in [3.05, 3.63) is 97.2 Å². The molecule has 0 aliphatic rings. The van der Waals surface area contributed by atoms with Crippen LogP contribution in [0.5, 0.6) is 0 Å². The second-order valence-corrected chi connectivity index (χ2v) is 11.4. The van der Waals surface area contributed by atoms with E-state index < -0.39 is 18.0 Å². The van der Waals surface area contributed by atoms with E-state index in [0.29, 0.717) is 6.42 Å². The molecule has 0 N–H and O–H groups in total. The third kappa shape index (κ3) is 33.7. The molecule has 0 aromatic heterocycles. The molecule has 0 aromatic carbocycles. The molecule has 0 rings (SSSR count). The molecule has 0 spiro atoms. The van der Waals surface area contributed by atoms with Crippen LogP contribution in [0.25, 0.3) is 0 Å². The molecule has 0 aromatic rings. The van der Waals surface area contributed by atoms with Crippen molar-refractivity contribution in [2.45, 2.75) is 136 Å². The number of ether oxygens (including phenoxy) is 3. The first-order valence-electron chi connectivity index (χ1n) is 18.2. The summed E-state index contributed by atoms with van der Waals surface area (Å²) in [7, 11) is 0. The molecule has 268 valence electrons. The summed E-state index contributed by atoms with van der Waals surface area (Å²) in [6.45, 7) is 6.02. The van der Waals surface area contributed by atoms with Gasteiger partial charge in [0.1, 0.15) is 13.2 Å². The first kappa shape index (κ1) is 44.3. The van der Waals surface area contributed by atoms with Gasteiger partial charge < -0.3 is 14.2 Å². The first-order chi connectivity index (χ1) is 23.5. The highest BCUT2D eigenvalue weighted by molar-refractivity contribution is 5.72. The fourth-order valence-corrected chi connectivity index (χ4v) is 4.25. The summed E-state index contributed by atoms with van der Waals surface area (Å²) < 4.78 is 16.3. The van der Waals surface area contributed by atoms with Crippen LogP contribution in [0.15, 0.2) is 97.2 Å². The number of carbonyl (C=O) groups excluding carboxylic acids is 3. The highest BCUT2D eigenvalue weighted by Gasteiger charge is 2.18. The summed E-state index contributed by atoms with van der Waals surface area (Å²) in [6, 6.07) is 0. The van der Waals surface area contributed by atoms with Crippen LogP contribution < -0.4 is 0 Å². The Morgan fingerprint density at radius 2 is 0.833 bits per heavy atom. The second-order valence-electron chi connectivity index (χ2n) is 11.4. The lowest BCUT2D eigenvalue weighted by molar-refractivity contribution is -0.166. The van der Waals surface area contributed by atoms with Crippen LogP contribution in [-0.4, -0.2) is 37.2 Å². The lowest BCUT2D eigenvalue weighted by Crippen LogP contribution is -2.30. The summed E-state index contributed by atoms with van der Waals surface area (Å²) in [5.41, 5.74) is 0. The van der Waals surface area contributed by atoms with Gasteiger partial charge in [0.05, 0.1) is 12.8 Å². The van der Waals surface area contributed by atoms with Gasteiger partial charge >= 0.3 is 17.9 Å². The molecule has 0 saturated heterocycles. The van der Waals surface area contributed by atoms with Gasteiger partial charge in [-0.2, -0.15) is 0 Å². The normalized spacial score (nSPS) is 13.1. The van der Waals surface area contributed by atoms with Crippen molar-refractivity contribution in [1.82, 2.24) is 0 Å². The zero-order valence-corrected chi connectivity index (χ0v) is 30.2. The van der Waals surface area contributed by atoms with E-state index in [1.165, 1.54) is 0 Å². The average Bonchev–Trinajstić information content (AvgIpc) is 3.08. The van der Waals surface area contributed by atoms with Gasteiger partial charge in [-0.1, -0.05) is 137 Å². The van der Waals surface area contributed by atoms with E-state index in [-0.39, 0.29) is 32.0 Å². The van der Waals surface area contributed by atoms with E-state index in [0.717, 1.165) is 89.9 Å². The molecule has 48 heavy (non-hydrogen) atoms. The van der Waals surface area contributed by atoms with Gasteiger partial charge in [0.2, 0.25) is 0 Å². The Bertz CT molecular complexity index is 1040. The number of esters is 3. The van der Waals surface area contributed by atoms with Gasteiger partial charge in [0.25, 0.3) is 0 Å². The number of hydrogen-bond acceptors (Lipinski definition) is 6. The maximum Gasteiger partial charge on any atom is 0.310 e. The number of unbranched alkanes of at least 4 members (excludes halogenated alkanes) is 5. The molecular formula is C42H64O6. The summed E-state index contributed by atoms with van der Waals surface area (Å²) in [5, 5.41) is 0. The van der Waals surface area contributed by atoms with Crippen molar-refractivity contribution in [2.75, 3.05) is 13.2 Å². The van der Waals surface area contributed by atoms with E-state index in [9.17, 15) is 14.4 Å². The molecule has 6 nitrogen and oxygen atoms in total. The van der Waals surface area contributed by atoms with Crippen molar-refractivity contribution >= 4 is 17.9 Å². The van der Waals surface area contributed by atoms with Gasteiger partial charge in [-0.15, -0.1) is 0 Å². The summed E-state index contributed by atoms with van der Waals surface area (Å²) in [5.74, 6) is -1.24. The predicted molar refractivity (Wildman–Crippen MR) is 200 cm³/mol. The number of allylic oxidation sites excluding steroid dienone is 14. The average molecular weight is 665 g/mol. The standard InChI is InChI=1S/C42H64O6/c1-4-7-10-13-16-19-20-21-24-26-29-32-35-41(44)47-38-39(48-42(45)36-33-30-27-23-18-15-12-9-6-3)37-46-40(43)34-31-28-25-22-17-14-11-8-5-2/h7-12,16-19,22-23,28,30-31,33,39H,4-6,13-15,20-21,24-27,29,32,34-38H2,1-3H3/b10-7-,11-8-,12-9-,19-16-,22-17-,23-18-,31-28-,33-30-. The molecule has 0 heterocycles. The number of hydrogen-bond donors (Lipinski definition) is 0. The smallest absolute Gasteiger partial charge is 0.310 e. The van der Waals surface area contributed by atoms with Crippen molar-refractivity contribution in [3.63, 3.8) is 0 Å². The van der Waals surface area contributed by atoms with Crippen molar-refractivity contribution < 1.29 is 28.6 Å². The first-order valence-corrected chi connectivity index (χ1v) is 18.2. The second kappa shape index (κ2) is 36.2. The van der Waals surface area contributed by atoms with Crippen LogP contribution in [0, 0.1) is 0 Å². The lowest BCUT2D eigenvalue weighted by atomic mass is 10.1. The molecule has 0 fully saturated rings. The Labute approximate surface area is 292 Å². The molecule has 0 amide bonds. The van der Waals surface area contributed by atoms with E-state index in [4.69, 9.17) is 14.2 Å². The SMILES string of the molecule is CC/C=C\C/C=C\C/C=C\CC(=O)OCC(COC(=O)CCCCCCC/C=C\C/C=C\CC)OC(=O)C/C=C\C/C=C\C/C=C\CC. The third-order valence-electron chi connectivity index (χ3n) is 6.88. The summed E-state index contributed by atoms with van der Waals surface area (Å²) >= 11 is 0. The minimum Gasteiger partial charge on any atom is -0.462 e. The topological polar surface area (TPSA) is 78.9 Å². The van der Waals surface area contributed by atoms with Crippen LogP contribution in [-0.2, 0) is 28.6 Å². The van der Waals surface area contributed by atoms with Gasteiger partial charge in [0, 0.05) is 6.42 Å². The van der Waals surface area contributed by atoms with Crippen LogP contribution in [0.3, 0.4) is 0 Å². The van der Waals surface area contributed by atoms with Gasteiger partial charge in [-0.25, -0.2) is 0 Å². The maximum atomic E-state index is 12.5. The Balaban J connectivity index is 4.60. The quantitative estimate of drug-likeness (QED) is 0.0329. The third-order valence-corrected chi connectivity index (χ3v) is 6.88. The molecule has 0 aliphatic carbocycles. The Hall–Kier alpha value is -3.67. The molecule has 0 bridgehead atoms. The molecule has 6 heteroatoms. The molecule has 0 saturated carbocycles.